The van der Waals surface area contributed by atoms with Crippen LogP contribution in [-0.2, 0) is 23.1 Å². The van der Waals surface area contributed by atoms with Crippen molar-refractivity contribution in [1.29, 1.82) is 0 Å². The zero-order valence-electron chi connectivity index (χ0n) is 17.9. The summed E-state index contributed by atoms with van der Waals surface area (Å²) in [6.07, 6.45) is 0. The van der Waals surface area contributed by atoms with Crippen molar-refractivity contribution >= 4 is 15.9 Å². The van der Waals surface area contributed by atoms with Crippen molar-refractivity contribution in [3.05, 3.63) is 102 Å². The third-order valence-corrected chi connectivity index (χ3v) is 7.50. The molecule has 4 rings (SSSR count). The van der Waals surface area contributed by atoms with Crippen LogP contribution in [0, 0.1) is 0 Å². The van der Waals surface area contributed by atoms with E-state index in [1.54, 1.807) is 18.2 Å². The summed E-state index contributed by atoms with van der Waals surface area (Å²) in [5.41, 5.74) is 2.54. The van der Waals surface area contributed by atoms with E-state index in [4.69, 9.17) is 0 Å². The largest absolute Gasteiger partial charge is 0.348 e. The first kappa shape index (κ1) is 22.2. The number of hydrogen-bond donors (Lipinski definition) is 1. The van der Waals surface area contributed by atoms with Crippen LogP contribution in [0.4, 0.5) is 0 Å². The number of sulfonamides is 1. The second kappa shape index (κ2) is 10.1. The van der Waals surface area contributed by atoms with Gasteiger partial charge in [-0.2, -0.15) is 4.31 Å². The molecular formula is C25H27N3O3S. The van der Waals surface area contributed by atoms with Gasteiger partial charge in [0, 0.05) is 44.8 Å². The average Bonchev–Trinajstić information content (AvgIpc) is 2.84. The van der Waals surface area contributed by atoms with Crippen molar-refractivity contribution in [3.63, 3.8) is 0 Å². The van der Waals surface area contributed by atoms with Gasteiger partial charge >= 0.3 is 0 Å². The monoisotopic (exact) mass is 449 g/mol. The lowest BCUT2D eigenvalue weighted by molar-refractivity contribution is 0.0950. The van der Waals surface area contributed by atoms with Crippen LogP contribution in [0.1, 0.15) is 21.5 Å². The number of nitrogens with one attached hydrogen (secondary N) is 1. The molecule has 32 heavy (non-hydrogen) atoms. The first-order valence-electron chi connectivity index (χ1n) is 10.7. The lowest BCUT2D eigenvalue weighted by Gasteiger charge is -2.34. The number of carbonyl (C=O) groups excluding carboxylic acids is 1. The molecule has 0 atom stereocenters. The minimum atomic E-state index is -3.65. The predicted molar refractivity (Wildman–Crippen MR) is 125 cm³/mol. The van der Waals surface area contributed by atoms with Gasteiger partial charge in [0.15, 0.2) is 0 Å². The number of rotatable bonds is 7. The Morgan fingerprint density at radius 1 is 0.781 bits per heavy atom. The van der Waals surface area contributed by atoms with Gasteiger partial charge < -0.3 is 5.32 Å². The Labute approximate surface area is 189 Å². The lowest BCUT2D eigenvalue weighted by atomic mass is 10.2. The minimum absolute atomic E-state index is 0.154. The van der Waals surface area contributed by atoms with E-state index >= 15 is 0 Å². The molecule has 1 N–H and O–H groups in total. The molecular weight excluding hydrogens is 422 g/mol. The molecule has 0 bridgehead atoms. The summed E-state index contributed by atoms with van der Waals surface area (Å²) in [7, 11) is -3.65. The minimum Gasteiger partial charge on any atom is -0.348 e. The highest BCUT2D eigenvalue weighted by Crippen LogP contribution is 2.20. The Balaban J connectivity index is 1.38. The first-order chi connectivity index (χ1) is 15.5. The van der Waals surface area contributed by atoms with E-state index in [0.717, 1.165) is 12.1 Å². The molecule has 0 spiro atoms. The second-order valence-electron chi connectivity index (χ2n) is 7.86. The van der Waals surface area contributed by atoms with Crippen LogP contribution < -0.4 is 5.32 Å². The topological polar surface area (TPSA) is 69.7 Å². The Kier molecular flexibility index (Phi) is 6.99. The molecule has 3 aromatic rings. The van der Waals surface area contributed by atoms with Crippen LogP contribution in [0.2, 0.25) is 0 Å². The van der Waals surface area contributed by atoms with Gasteiger partial charge in [0.2, 0.25) is 10.0 Å². The smallest absolute Gasteiger partial charge is 0.251 e. The van der Waals surface area contributed by atoms with Gasteiger partial charge in [-0.15, -0.1) is 0 Å². The summed E-state index contributed by atoms with van der Waals surface area (Å²) in [5.74, 6) is -0.293. The quantitative estimate of drug-likeness (QED) is 0.602. The Hall–Kier alpha value is -3.00. The molecule has 0 aromatic heterocycles. The third-order valence-electron chi connectivity index (χ3n) is 5.61. The number of benzene rings is 3. The van der Waals surface area contributed by atoms with Crippen LogP contribution in [0.5, 0.6) is 0 Å². The normalized spacial score (nSPS) is 15.4. The average molecular weight is 450 g/mol. The Morgan fingerprint density at radius 2 is 1.41 bits per heavy atom. The maximum absolute atomic E-state index is 13.2. The summed E-state index contributed by atoms with van der Waals surface area (Å²) >= 11 is 0. The van der Waals surface area contributed by atoms with Gasteiger partial charge in [-0.3, -0.25) is 9.69 Å². The van der Waals surface area contributed by atoms with Crippen LogP contribution in [0.15, 0.2) is 89.8 Å². The third kappa shape index (κ3) is 5.43. The van der Waals surface area contributed by atoms with E-state index in [1.165, 1.54) is 15.9 Å². The van der Waals surface area contributed by atoms with E-state index < -0.39 is 10.0 Å². The van der Waals surface area contributed by atoms with Crippen molar-refractivity contribution in [2.75, 3.05) is 26.2 Å². The predicted octanol–water partition coefficient (Wildman–Crippen LogP) is 3.12. The molecule has 1 heterocycles. The second-order valence-corrected chi connectivity index (χ2v) is 9.80. The van der Waals surface area contributed by atoms with Crippen molar-refractivity contribution in [1.82, 2.24) is 14.5 Å². The van der Waals surface area contributed by atoms with Gasteiger partial charge in [-0.1, -0.05) is 66.7 Å². The van der Waals surface area contributed by atoms with E-state index in [0.29, 0.717) is 38.3 Å². The molecule has 1 fully saturated rings. The molecule has 0 radical (unpaired) electrons. The molecule has 1 saturated heterocycles. The van der Waals surface area contributed by atoms with Gasteiger partial charge in [0.1, 0.15) is 0 Å². The van der Waals surface area contributed by atoms with Gasteiger partial charge in [0.05, 0.1) is 4.90 Å². The van der Waals surface area contributed by atoms with E-state index in [-0.39, 0.29) is 10.8 Å². The van der Waals surface area contributed by atoms with Gasteiger partial charge in [0.25, 0.3) is 5.91 Å². The van der Waals surface area contributed by atoms with Crippen LogP contribution >= 0.6 is 0 Å². The number of piperazine rings is 1. The zero-order chi connectivity index (χ0) is 22.4. The number of hydrogen-bond acceptors (Lipinski definition) is 4. The lowest BCUT2D eigenvalue weighted by Crippen LogP contribution is -2.48. The molecule has 0 aliphatic carbocycles. The molecule has 1 aliphatic heterocycles. The van der Waals surface area contributed by atoms with Crippen LogP contribution in [0.3, 0.4) is 0 Å². The van der Waals surface area contributed by atoms with Gasteiger partial charge in [-0.05, 0) is 29.3 Å². The zero-order valence-corrected chi connectivity index (χ0v) is 18.7. The van der Waals surface area contributed by atoms with E-state index in [9.17, 15) is 13.2 Å². The fourth-order valence-corrected chi connectivity index (χ4v) is 5.27. The Morgan fingerprint density at radius 3 is 2.06 bits per heavy atom. The van der Waals surface area contributed by atoms with Crippen LogP contribution in [0.25, 0.3) is 0 Å². The number of carbonyl (C=O) groups is 1. The number of nitrogens with zero attached hydrogens (tertiary/aromatic N) is 2. The highest BCUT2D eigenvalue weighted by Gasteiger charge is 2.29. The Bertz CT molecular complexity index is 1140. The molecule has 1 amide bonds. The maximum atomic E-state index is 13.2. The summed E-state index contributed by atoms with van der Waals surface area (Å²) in [6.45, 7) is 3.40. The standard InChI is InChI=1S/C25H27N3O3S/c29-25(26-19-21-8-3-1-4-9-21)23-12-7-13-24(18-23)32(30,31)28-16-14-27(15-17-28)20-22-10-5-2-6-11-22/h1-13,18H,14-17,19-20H2,(H,26,29). The highest BCUT2D eigenvalue weighted by atomic mass is 32.2. The molecule has 3 aromatic carbocycles. The molecule has 0 saturated carbocycles. The molecule has 1 aliphatic rings. The van der Waals surface area contributed by atoms with Crippen LogP contribution in [-0.4, -0.2) is 49.7 Å². The molecule has 6 nitrogen and oxygen atoms in total. The highest BCUT2D eigenvalue weighted by molar-refractivity contribution is 7.89. The van der Waals surface area contributed by atoms with Crippen molar-refractivity contribution < 1.29 is 13.2 Å². The number of amides is 1. The molecule has 0 unspecified atom stereocenters. The van der Waals surface area contributed by atoms with E-state index in [2.05, 4.69) is 22.3 Å². The maximum Gasteiger partial charge on any atom is 0.251 e. The van der Waals surface area contributed by atoms with E-state index in [1.807, 2.05) is 48.5 Å². The van der Waals surface area contributed by atoms with Crippen molar-refractivity contribution in [3.8, 4) is 0 Å². The summed E-state index contributed by atoms with van der Waals surface area (Å²) in [4.78, 5) is 15.0. The van der Waals surface area contributed by atoms with Crippen molar-refractivity contribution in [2.24, 2.45) is 0 Å². The van der Waals surface area contributed by atoms with Crippen molar-refractivity contribution in [2.45, 2.75) is 18.0 Å². The molecule has 7 heteroatoms. The first-order valence-corrected chi connectivity index (χ1v) is 12.1. The summed E-state index contributed by atoms with van der Waals surface area (Å²) < 4.78 is 27.9. The fourth-order valence-electron chi connectivity index (χ4n) is 3.80. The fraction of sp³-hybridized carbons (Fsp3) is 0.240. The summed E-state index contributed by atoms with van der Waals surface area (Å²) in [6, 6.07) is 26.1. The molecule has 166 valence electrons. The SMILES string of the molecule is O=C(NCc1ccccc1)c1cccc(S(=O)(=O)N2CCN(Cc3ccccc3)CC2)c1. The summed E-state index contributed by atoms with van der Waals surface area (Å²) in [5, 5.41) is 2.85. The van der Waals surface area contributed by atoms with Gasteiger partial charge in [-0.25, -0.2) is 8.42 Å².